The molecule has 6 nitrogen and oxygen atoms in total. The Balaban J connectivity index is 2.01. The van der Waals surface area contributed by atoms with Gasteiger partial charge in [-0.25, -0.2) is 4.79 Å². The number of hydrogen-bond donors (Lipinski definition) is 1. The van der Waals surface area contributed by atoms with Gasteiger partial charge in [-0.3, -0.25) is 15.4 Å². The molecular formula is C13H9ClN2O4. The van der Waals surface area contributed by atoms with E-state index in [0.717, 1.165) is 0 Å². The minimum absolute atomic E-state index is 0.0602. The molecule has 0 unspecified atom stereocenters. The van der Waals surface area contributed by atoms with Gasteiger partial charge in [0.25, 0.3) is 5.69 Å². The molecule has 0 spiro atoms. The molecule has 2 aromatic rings. The van der Waals surface area contributed by atoms with Gasteiger partial charge in [-0.15, -0.1) is 0 Å². The lowest BCUT2D eigenvalue weighted by Crippen LogP contribution is -2.16. The molecule has 0 bridgehead atoms. The highest BCUT2D eigenvalue weighted by molar-refractivity contribution is 6.32. The first-order valence-electron chi connectivity index (χ1n) is 5.54. The van der Waals surface area contributed by atoms with Crippen LogP contribution < -0.4 is 10.1 Å². The van der Waals surface area contributed by atoms with Crippen LogP contribution in [0.25, 0.3) is 0 Å². The molecule has 0 aliphatic rings. The van der Waals surface area contributed by atoms with E-state index in [9.17, 15) is 14.9 Å². The highest BCUT2D eigenvalue weighted by atomic mass is 35.5. The van der Waals surface area contributed by atoms with E-state index < -0.39 is 11.0 Å². The van der Waals surface area contributed by atoms with Crippen molar-refractivity contribution >= 4 is 29.1 Å². The predicted octanol–water partition coefficient (Wildman–Crippen LogP) is 3.86. The number of halogens is 1. The Bertz CT molecular complexity index is 643. The van der Waals surface area contributed by atoms with Crippen molar-refractivity contribution in [3.05, 3.63) is 63.7 Å². The molecule has 0 fully saturated rings. The van der Waals surface area contributed by atoms with Gasteiger partial charge in [0.1, 0.15) is 0 Å². The monoisotopic (exact) mass is 292 g/mol. The molecule has 0 aliphatic heterocycles. The quantitative estimate of drug-likeness (QED) is 0.688. The van der Waals surface area contributed by atoms with E-state index in [1.54, 1.807) is 24.3 Å². The summed E-state index contributed by atoms with van der Waals surface area (Å²) in [5.41, 5.74) is 0.322. The minimum atomic E-state index is -0.730. The Kier molecular flexibility index (Phi) is 4.17. The molecular weight excluding hydrogens is 284 g/mol. The fourth-order valence-electron chi connectivity index (χ4n) is 1.44. The third kappa shape index (κ3) is 3.46. The fourth-order valence-corrected chi connectivity index (χ4v) is 1.61. The molecule has 0 radical (unpaired) electrons. The van der Waals surface area contributed by atoms with Crippen LogP contribution in [0.3, 0.4) is 0 Å². The molecule has 2 rings (SSSR count). The fraction of sp³-hybridized carbons (Fsp3) is 0. The number of non-ortho nitro benzene ring substituents is 1. The van der Waals surface area contributed by atoms with Gasteiger partial charge in [-0.05, 0) is 24.3 Å². The molecule has 7 heteroatoms. The largest absolute Gasteiger partial charge is 0.417 e. The summed E-state index contributed by atoms with van der Waals surface area (Å²) in [6, 6.07) is 11.9. The average molecular weight is 293 g/mol. The van der Waals surface area contributed by atoms with E-state index in [1.165, 1.54) is 24.3 Å². The van der Waals surface area contributed by atoms with E-state index in [2.05, 4.69) is 5.32 Å². The van der Waals surface area contributed by atoms with Crippen molar-refractivity contribution in [3.63, 3.8) is 0 Å². The van der Waals surface area contributed by atoms with Gasteiger partial charge >= 0.3 is 6.09 Å². The highest BCUT2D eigenvalue weighted by Gasteiger charge is 2.09. The Hall–Kier alpha value is -2.60. The molecule has 0 aromatic heterocycles. The van der Waals surface area contributed by atoms with Crippen molar-refractivity contribution in [1.29, 1.82) is 0 Å². The van der Waals surface area contributed by atoms with Crippen LogP contribution in [-0.4, -0.2) is 11.0 Å². The minimum Gasteiger partial charge on any atom is -0.409 e. The molecule has 1 N–H and O–H groups in total. The molecule has 0 atom stereocenters. The summed E-state index contributed by atoms with van der Waals surface area (Å²) in [4.78, 5) is 21.6. The number of nitrogens with zero attached hydrogens (tertiary/aromatic N) is 1. The van der Waals surface area contributed by atoms with Gasteiger partial charge in [0, 0.05) is 17.8 Å². The van der Waals surface area contributed by atoms with Crippen LogP contribution in [0.15, 0.2) is 48.5 Å². The number of ether oxygens (including phenoxy) is 1. The summed E-state index contributed by atoms with van der Waals surface area (Å²) in [5, 5.41) is 13.2. The second kappa shape index (κ2) is 6.03. The first-order chi connectivity index (χ1) is 9.56. The molecule has 0 saturated carbocycles. The van der Waals surface area contributed by atoms with E-state index in [4.69, 9.17) is 16.3 Å². The number of nitro groups is 1. The summed E-state index contributed by atoms with van der Waals surface area (Å²) in [6.07, 6.45) is -0.730. The maximum absolute atomic E-state index is 11.6. The number of nitro benzene ring substituents is 1. The van der Waals surface area contributed by atoms with Crippen LogP contribution >= 0.6 is 11.6 Å². The Labute approximate surface area is 119 Å². The van der Waals surface area contributed by atoms with Gasteiger partial charge in [0.2, 0.25) is 0 Å². The average Bonchev–Trinajstić information content (AvgIpc) is 2.42. The molecule has 1 amide bonds. The first kappa shape index (κ1) is 13.8. The van der Waals surface area contributed by atoms with Crippen LogP contribution in [0, 0.1) is 10.1 Å². The molecule has 20 heavy (non-hydrogen) atoms. The topological polar surface area (TPSA) is 81.5 Å². The third-order valence-electron chi connectivity index (χ3n) is 2.36. The van der Waals surface area contributed by atoms with Crippen LogP contribution in [0.4, 0.5) is 16.2 Å². The lowest BCUT2D eigenvalue weighted by atomic mass is 10.3. The molecule has 2 aromatic carbocycles. The summed E-state index contributed by atoms with van der Waals surface area (Å²) < 4.78 is 5.01. The lowest BCUT2D eigenvalue weighted by molar-refractivity contribution is -0.384. The normalized spacial score (nSPS) is 9.85. The summed E-state index contributed by atoms with van der Waals surface area (Å²) in [6.45, 7) is 0. The first-order valence-corrected chi connectivity index (χ1v) is 5.92. The maximum atomic E-state index is 11.6. The molecule has 0 aliphatic carbocycles. The lowest BCUT2D eigenvalue weighted by Gasteiger charge is -2.07. The van der Waals surface area contributed by atoms with Crippen molar-refractivity contribution in [2.24, 2.45) is 0 Å². The molecule has 102 valence electrons. The van der Waals surface area contributed by atoms with Crippen LogP contribution in [0.5, 0.6) is 5.75 Å². The van der Waals surface area contributed by atoms with Gasteiger partial charge in [0.05, 0.1) is 9.95 Å². The number of anilines is 1. The zero-order valence-corrected chi connectivity index (χ0v) is 10.8. The number of nitrogens with one attached hydrogen (secondary N) is 1. The number of carbonyl (C=O) groups is 1. The SMILES string of the molecule is O=C(Nc1ccc([N+](=O)[O-])cc1)Oc1ccccc1Cl. The Morgan fingerprint density at radius 1 is 1.15 bits per heavy atom. The number of carbonyl (C=O) groups excluding carboxylic acids is 1. The van der Waals surface area contributed by atoms with Gasteiger partial charge in [-0.1, -0.05) is 23.7 Å². The van der Waals surface area contributed by atoms with E-state index in [0.29, 0.717) is 10.7 Å². The maximum Gasteiger partial charge on any atom is 0.417 e. The van der Waals surface area contributed by atoms with Gasteiger partial charge in [-0.2, -0.15) is 0 Å². The van der Waals surface area contributed by atoms with Crippen LogP contribution in [0.1, 0.15) is 0 Å². The number of hydrogen-bond acceptors (Lipinski definition) is 4. The van der Waals surface area contributed by atoms with Crippen molar-refractivity contribution in [3.8, 4) is 5.75 Å². The van der Waals surface area contributed by atoms with Crippen molar-refractivity contribution in [1.82, 2.24) is 0 Å². The summed E-state index contributed by atoms with van der Waals surface area (Å²) >= 11 is 5.85. The van der Waals surface area contributed by atoms with Crippen molar-refractivity contribution in [2.45, 2.75) is 0 Å². The van der Waals surface area contributed by atoms with Crippen molar-refractivity contribution in [2.75, 3.05) is 5.32 Å². The molecule has 0 saturated heterocycles. The second-order valence-electron chi connectivity index (χ2n) is 3.75. The Morgan fingerprint density at radius 3 is 2.40 bits per heavy atom. The predicted molar refractivity (Wildman–Crippen MR) is 74.2 cm³/mol. The molecule has 0 heterocycles. The van der Waals surface area contributed by atoms with Crippen molar-refractivity contribution < 1.29 is 14.5 Å². The van der Waals surface area contributed by atoms with Gasteiger partial charge in [0.15, 0.2) is 5.75 Å². The smallest absolute Gasteiger partial charge is 0.409 e. The van der Waals surface area contributed by atoms with E-state index in [1.807, 2.05) is 0 Å². The number of benzene rings is 2. The highest BCUT2D eigenvalue weighted by Crippen LogP contribution is 2.23. The standard InChI is InChI=1S/C13H9ClN2O4/c14-11-3-1-2-4-12(11)20-13(17)15-9-5-7-10(8-6-9)16(18)19/h1-8H,(H,15,17). The Morgan fingerprint density at radius 2 is 1.80 bits per heavy atom. The van der Waals surface area contributed by atoms with Crippen LogP contribution in [0.2, 0.25) is 5.02 Å². The zero-order chi connectivity index (χ0) is 14.5. The number of amides is 1. The number of rotatable bonds is 3. The summed E-state index contributed by atoms with van der Waals surface area (Å²) in [5.74, 6) is 0.230. The zero-order valence-electron chi connectivity index (χ0n) is 10.1. The van der Waals surface area contributed by atoms with E-state index in [-0.39, 0.29) is 11.4 Å². The second-order valence-corrected chi connectivity index (χ2v) is 4.16. The van der Waals surface area contributed by atoms with Crippen LogP contribution in [-0.2, 0) is 0 Å². The number of para-hydroxylation sites is 1. The van der Waals surface area contributed by atoms with Gasteiger partial charge < -0.3 is 4.74 Å². The third-order valence-corrected chi connectivity index (χ3v) is 2.68. The summed E-state index contributed by atoms with van der Waals surface area (Å²) in [7, 11) is 0. The van der Waals surface area contributed by atoms with E-state index >= 15 is 0 Å².